The number of urea groups is 1. The van der Waals surface area contributed by atoms with Gasteiger partial charge in [0.2, 0.25) is 0 Å². The number of carbonyl (C=O) groups excluding carboxylic acids is 3. The predicted molar refractivity (Wildman–Crippen MR) is 110 cm³/mol. The number of fused-ring (bicyclic) bond motifs is 1. The Kier molecular flexibility index (Phi) is 5.90. The number of thiazole rings is 1. The van der Waals surface area contributed by atoms with Gasteiger partial charge >= 0.3 is 12.1 Å². The first-order chi connectivity index (χ1) is 13.1. The molecular weight excluding hydrogens is 448 g/mol. The highest BCUT2D eigenvalue weighted by atomic mass is 79.9. The molecule has 1 fully saturated rings. The van der Waals surface area contributed by atoms with Gasteiger partial charge < -0.3 is 10.1 Å². The lowest BCUT2D eigenvalue weighted by Gasteiger charge is -2.27. The molecule has 1 aliphatic heterocycles. The van der Waals surface area contributed by atoms with Crippen molar-refractivity contribution in [1.29, 1.82) is 0 Å². The number of carbonyl (C=O) groups is 3. The molecule has 2 N–H and O–H groups in total. The summed E-state index contributed by atoms with van der Waals surface area (Å²) in [6, 6.07) is 3.91. The van der Waals surface area contributed by atoms with Gasteiger partial charge in [0.15, 0.2) is 3.92 Å². The minimum Gasteiger partial charge on any atom is -0.444 e. The molecule has 0 bridgehead atoms. The van der Waals surface area contributed by atoms with Crippen LogP contribution in [-0.4, -0.2) is 46.1 Å². The van der Waals surface area contributed by atoms with Gasteiger partial charge in [-0.3, -0.25) is 15.0 Å². The Morgan fingerprint density at radius 3 is 2.79 bits per heavy atom. The number of hydrogen-bond donors (Lipinski definition) is 2. The fourth-order valence-corrected chi connectivity index (χ4v) is 4.35. The van der Waals surface area contributed by atoms with Crippen LogP contribution in [0.1, 0.15) is 33.6 Å². The van der Waals surface area contributed by atoms with Gasteiger partial charge in [0.1, 0.15) is 11.6 Å². The third-order valence-electron chi connectivity index (χ3n) is 4.04. The molecule has 2 aromatic rings. The Hall–Kier alpha value is -2.20. The van der Waals surface area contributed by atoms with Crippen molar-refractivity contribution >= 4 is 61.2 Å². The highest BCUT2D eigenvalue weighted by Crippen LogP contribution is 2.28. The van der Waals surface area contributed by atoms with Crippen LogP contribution in [0, 0.1) is 0 Å². The van der Waals surface area contributed by atoms with Crippen LogP contribution in [0.3, 0.4) is 0 Å². The zero-order valence-electron chi connectivity index (χ0n) is 15.7. The number of anilines is 1. The van der Waals surface area contributed by atoms with Gasteiger partial charge in [-0.25, -0.2) is 14.6 Å². The van der Waals surface area contributed by atoms with E-state index in [-0.39, 0.29) is 0 Å². The summed E-state index contributed by atoms with van der Waals surface area (Å²) in [5, 5.41) is 4.95. The summed E-state index contributed by atoms with van der Waals surface area (Å²) in [4.78, 5) is 42.7. The fourth-order valence-electron chi connectivity index (χ4n) is 2.91. The monoisotopic (exact) mass is 468 g/mol. The third kappa shape index (κ3) is 4.99. The fraction of sp³-hybridized carbons (Fsp3) is 0.444. The van der Waals surface area contributed by atoms with Gasteiger partial charge in [-0.05, 0) is 67.7 Å². The van der Waals surface area contributed by atoms with Crippen LogP contribution in [0.15, 0.2) is 22.1 Å². The van der Waals surface area contributed by atoms with E-state index in [1.54, 1.807) is 39.0 Å². The highest BCUT2D eigenvalue weighted by Gasteiger charge is 2.37. The second-order valence-electron chi connectivity index (χ2n) is 7.42. The average Bonchev–Trinajstić information content (AvgIpc) is 3.18. The SMILES string of the molecule is CC(C)(C)OC(=O)N1CCCC1C(=O)NC(=O)Nc1ccc2nc(Br)sc2c1. The lowest BCUT2D eigenvalue weighted by atomic mass is 10.2. The summed E-state index contributed by atoms with van der Waals surface area (Å²) >= 11 is 4.77. The van der Waals surface area contributed by atoms with Crippen LogP contribution in [0.4, 0.5) is 15.3 Å². The molecular formula is C18H21BrN4O4S. The van der Waals surface area contributed by atoms with Crippen molar-refractivity contribution in [2.75, 3.05) is 11.9 Å². The molecule has 0 saturated carbocycles. The van der Waals surface area contributed by atoms with Crippen LogP contribution in [0.5, 0.6) is 0 Å². The number of ether oxygens (including phenoxy) is 1. The minimum absolute atomic E-state index is 0.422. The summed E-state index contributed by atoms with van der Waals surface area (Å²) < 4.78 is 7.00. The Balaban J connectivity index is 1.61. The quantitative estimate of drug-likeness (QED) is 0.690. The van der Waals surface area contributed by atoms with Gasteiger partial charge in [0, 0.05) is 12.2 Å². The van der Waals surface area contributed by atoms with Crippen molar-refractivity contribution < 1.29 is 19.1 Å². The van der Waals surface area contributed by atoms with Crippen LogP contribution >= 0.6 is 27.3 Å². The topological polar surface area (TPSA) is 101 Å². The van der Waals surface area contributed by atoms with E-state index >= 15 is 0 Å². The number of nitrogens with zero attached hydrogens (tertiary/aromatic N) is 2. The summed E-state index contributed by atoms with van der Waals surface area (Å²) in [5.41, 5.74) is 0.713. The van der Waals surface area contributed by atoms with E-state index in [1.165, 1.54) is 16.2 Å². The standard InChI is InChI=1S/C18H21BrN4O4S/c1-18(2,3)27-17(26)23-8-4-5-12(23)14(24)22-16(25)20-10-6-7-11-13(9-10)28-15(19)21-11/h6-7,9,12H,4-5,8H2,1-3H3,(H2,20,22,24,25). The van der Waals surface area contributed by atoms with Crippen molar-refractivity contribution in [3.63, 3.8) is 0 Å². The van der Waals surface area contributed by atoms with Crippen LogP contribution in [0.25, 0.3) is 10.2 Å². The maximum Gasteiger partial charge on any atom is 0.410 e. The van der Waals surface area contributed by atoms with E-state index in [0.29, 0.717) is 25.1 Å². The molecule has 28 heavy (non-hydrogen) atoms. The largest absolute Gasteiger partial charge is 0.444 e. The lowest BCUT2D eigenvalue weighted by molar-refractivity contribution is -0.124. The summed E-state index contributed by atoms with van der Waals surface area (Å²) in [6.45, 7) is 5.72. The van der Waals surface area contributed by atoms with E-state index in [4.69, 9.17) is 4.74 Å². The number of imide groups is 1. The lowest BCUT2D eigenvalue weighted by Crippen LogP contribution is -2.49. The number of amides is 4. The Morgan fingerprint density at radius 2 is 2.07 bits per heavy atom. The molecule has 8 nitrogen and oxygen atoms in total. The molecule has 1 aromatic carbocycles. The molecule has 1 atom stereocenters. The normalized spacial score (nSPS) is 16.9. The third-order valence-corrected chi connectivity index (χ3v) is 5.51. The number of likely N-dealkylation sites (tertiary alicyclic amines) is 1. The van der Waals surface area contributed by atoms with E-state index in [9.17, 15) is 14.4 Å². The number of aromatic nitrogens is 1. The molecule has 1 aliphatic rings. The van der Waals surface area contributed by atoms with Crippen molar-refractivity contribution in [2.45, 2.75) is 45.3 Å². The molecule has 2 heterocycles. The maximum absolute atomic E-state index is 12.5. The first kappa shape index (κ1) is 20.5. The van der Waals surface area contributed by atoms with Crippen molar-refractivity contribution in [3.05, 3.63) is 22.1 Å². The second kappa shape index (κ2) is 8.04. The highest BCUT2D eigenvalue weighted by molar-refractivity contribution is 9.11. The molecule has 0 radical (unpaired) electrons. The molecule has 0 aliphatic carbocycles. The first-order valence-electron chi connectivity index (χ1n) is 8.80. The van der Waals surface area contributed by atoms with Gasteiger partial charge in [-0.1, -0.05) is 0 Å². The van der Waals surface area contributed by atoms with Gasteiger partial charge in [0.25, 0.3) is 5.91 Å². The molecule has 1 saturated heterocycles. The summed E-state index contributed by atoms with van der Waals surface area (Å²) in [5.74, 6) is -0.525. The van der Waals surface area contributed by atoms with Gasteiger partial charge in [-0.2, -0.15) is 0 Å². The molecule has 3 rings (SSSR count). The molecule has 1 aromatic heterocycles. The number of rotatable bonds is 2. The molecule has 1 unspecified atom stereocenters. The first-order valence-corrected chi connectivity index (χ1v) is 10.4. The van der Waals surface area contributed by atoms with Gasteiger partial charge in [-0.15, -0.1) is 11.3 Å². The van der Waals surface area contributed by atoms with Crippen LogP contribution < -0.4 is 10.6 Å². The maximum atomic E-state index is 12.5. The van der Waals surface area contributed by atoms with Crippen LogP contribution in [-0.2, 0) is 9.53 Å². The van der Waals surface area contributed by atoms with E-state index < -0.39 is 29.7 Å². The summed E-state index contributed by atoms with van der Waals surface area (Å²) in [7, 11) is 0. The van der Waals surface area contributed by atoms with Crippen molar-refractivity contribution in [1.82, 2.24) is 15.2 Å². The van der Waals surface area contributed by atoms with Crippen molar-refractivity contribution in [3.8, 4) is 0 Å². The number of nitrogens with one attached hydrogen (secondary N) is 2. The molecule has 150 valence electrons. The zero-order chi connectivity index (χ0) is 20.5. The zero-order valence-corrected chi connectivity index (χ0v) is 18.1. The van der Waals surface area contributed by atoms with Crippen molar-refractivity contribution in [2.24, 2.45) is 0 Å². The Labute approximate surface area is 174 Å². The Bertz CT molecular complexity index is 924. The van der Waals surface area contributed by atoms with E-state index in [1.807, 2.05) is 0 Å². The average molecular weight is 469 g/mol. The number of hydrogen-bond acceptors (Lipinski definition) is 6. The van der Waals surface area contributed by atoms with E-state index in [2.05, 4.69) is 31.5 Å². The summed E-state index contributed by atoms with van der Waals surface area (Å²) in [6.07, 6.45) is 0.613. The smallest absolute Gasteiger partial charge is 0.410 e. The van der Waals surface area contributed by atoms with Gasteiger partial charge in [0.05, 0.1) is 10.2 Å². The molecule has 10 heteroatoms. The molecule has 0 spiro atoms. The minimum atomic E-state index is -0.722. The van der Waals surface area contributed by atoms with Crippen LogP contribution in [0.2, 0.25) is 0 Å². The Morgan fingerprint density at radius 1 is 1.32 bits per heavy atom. The molecule has 4 amide bonds. The van der Waals surface area contributed by atoms with E-state index in [0.717, 1.165) is 14.1 Å². The number of halogens is 1. The second-order valence-corrected chi connectivity index (χ2v) is 9.73. The number of benzene rings is 1. The predicted octanol–water partition coefficient (Wildman–Crippen LogP) is 4.11.